The van der Waals surface area contributed by atoms with Gasteiger partial charge in [0.2, 0.25) is 23.6 Å². The molecule has 2 saturated heterocycles. The summed E-state index contributed by atoms with van der Waals surface area (Å²) in [7, 11) is 2.96. The lowest BCUT2D eigenvalue weighted by atomic mass is 10.2. The minimum atomic E-state index is -0.480. The number of rotatable bonds is 8. The van der Waals surface area contributed by atoms with Gasteiger partial charge in [-0.2, -0.15) is 20.1 Å². The summed E-state index contributed by atoms with van der Waals surface area (Å²) < 4.78 is 26.8. The molecule has 13 nitrogen and oxygen atoms in total. The largest absolute Gasteiger partial charge is 0.493 e. The van der Waals surface area contributed by atoms with Crippen LogP contribution in [0.15, 0.2) is 17.2 Å². The highest BCUT2D eigenvalue weighted by molar-refractivity contribution is 5.83. The minimum absolute atomic E-state index is 0.204. The molecule has 0 radical (unpaired) electrons. The predicted octanol–water partition coefficient (Wildman–Crippen LogP) is 0.933. The summed E-state index contributed by atoms with van der Waals surface area (Å²) in [5.74, 6) is 1.85. The van der Waals surface area contributed by atoms with Crippen LogP contribution in [-0.2, 0) is 14.3 Å². The fourth-order valence-electron chi connectivity index (χ4n) is 3.60. The third kappa shape index (κ3) is 6.25. The molecule has 0 unspecified atom stereocenters. The molecule has 1 aromatic carbocycles. The lowest BCUT2D eigenvalue weighted by Gasteiger charge is -2.30. The molecule has 188 valence electrons. The number of hydrazone groups is 1. The van der Waals surface area contributed by atoms with Gasteiger partial charge >= 0.3 is 5.97 Å². The van der Waals surface area contributed by atoms with Gasteiger partial charge in [-0.25, -0.2) is 5.43 Å². The van der Waals surface area contributed by atoms with Crippen LogP contribution in [-0.4, -0.2) is 94.0 Å². The van der Waals surface area contributed by atoms with E-state index in [1.165, 1.54) is 21.1 Å². The number of methoxy groups -OCH3 is 2. The van der Waals surface area contributed by atoms with Crippen LogP contribution in [0.5, 0.6) is 17.2 Å². The van der Waals surface area contributed by atoms with E-state index in [-0.39, 0.29) is 5.75 Å². The van der Waals surface area contributed by atoms with Gasteiger partial charge < -0.3 is 33.5 Å². The molecule has 35 heavy (non-hydrogen) atoms. The summed E-state index contributed by atoms with van der Waals surface area (Å²) >= 11 is 0. The van der Waals surface area contributed by atoms with Crippen LogP contribution in [0.3, 0.4) is 0 Å². The standard InChI is InChI=1S/C22H29N7O6/c1-15(30)35-19-17(31-2)12-16(13-18(19)32-3)14-23-27-20-24-21(28-4-8-33-9-5-28)26-22(25-20)29-6-10-34-11-7-29/h12-14H,4-11H2,1-3H3,(H,24,25,26,27)/b23-14+. The summed E-state index contributed by atoms with van der Waals surface area (Å²) in [6.45, 7) is 6.57. The monoisotopic (exact) mass is 487 g/mol. The molecule has 0 saturated carbocycles. The number of nitrogens with zero attached hydrogens (tertiary/aromatic N) is 6. The first-order chi connectivity index (χ1) is 17.1. The number of hydrogen-bond donors (Lipinski definition) is 1. The van der Waals surface area contributed by atoms with Gasteiger partial charge in [0.25, 0.3) is 0 Å². The Morgan fingerprint density at radius 2 is 1.46 bits per heavy atom. The maximum atomic E-state index is 11.4. The second-order valence-electron chi connectivity index (χ2n) is 7.68. The van der Waals surface area contributed by atoms with E-state index in [0.29, 0.717) is 87.5 Å². The van der Waals surface area contributed by atoms with Crippen LogP contribution in [0.1, 0.15) is 12.5 Å². The van der Waals surface area contributed by atoms with Crippen molar-refractivity contribution in [2.45, 2.75) is 6.92 Å². The molecule has 1 N–H and O–H groups in total. The highest BCUT2D eigenvalue weighted by atomic mass is 16.6. The normalized spacial score (nSPS) is 16.3. The zero-order valence-corrected chi connectivity index (χ0v) is 20.0. The molecule has 0 amide bonds. The van der Waals surface area contributed by atoms with E-state index in [4.69, 9.17) is 23.7 Å². The Bertz CT molecular complexity index is 993. The van der Waals surface area contributed by atoms with Gasteiger partial charge in [0.1, 0.15) is 0 Å². The molecule has 3 heterocycles. The molecule has 2 aromatic rings. The Morgan fingerprint density at radius 1 is 0.943 bits per heavy atom. The number of carbonyl (C=O) groups is 1. The predicted molar refractivity (Wildman–Crippen MR) is 128 cm³/mol. The SMILES string of the molecule is COc1cc(/C=N/Nc2nc(N3CCOCC3)nc(N3CCOCC3)n2)cc(OC)c1OC(C)=O. The number of morpholine rings is 2. The third-order valence-corrected chi connectivity index (χ3v) is 5.31. The number of hydrogen-bond acceptors (Lipinski definition) is 13. The molecule has 2 fully saturated rings. The van der Waals surface area contributed by atoms with E-state index >= 15 is 0 Å². The number of anilines is 3. The van der Waals surface area contributed by atoms with Crippen molar-refractivity contribution in [3.8, 4) is 17.2 Å². The fourth-order valence-corrected chi connectivity index (χ4v) is 3.60. The highest BCUT2D eigenvalue weighted by Crippen LogP contribution is 2.38. The summed E-state index contributed by atoms with van der Waals surface area (Å²) in [6, 6.07) is 3.36. The zero-order valence-electron chi connectivity index (χ0n) is 20.0. The van der Waals surface area contributed by atoms with Crippen molar-refractivity contribution in [2.75, 3.05) is 82.1 Å². The Morgan fingerprint density at radius 3 is 1.91 bits per heavy atom. The summed E-state index contributed by atoms with van der Waals surface area (Å²) in [6.07, 6.45) is 1.56. The van der Waals surface area contributed by atoms with Crippen molar-refractivity contribution in [2.24, 2.45) is 5.10 Å². The fraction of sp³-hybridized carbons (Fsp3) is 0.500. The van der Waals surface area contributed by atoms with E-state index < -0.39 is 5.97 Å². The molecule has 4 rings (SSSR count). The second-order valence-corrected chi connectivity index (χ2v) is 7.68. The van der Waals surface area contributed by atoms with Crippen molar-refractivity contribution >= 4 is 30.0 Å². The molecule has 13 heteroatoms. The number of esters is 1. The van der Waals surface area contributed by atoms with Crippen molar-refractivity contribution in [1.29, 1.82) is 0 Å². The topological polar surface area (TPSA) is 133 Å². The van der Waals surface area contributed by atoms with Crippen molar-refractivity contribution in [1.82, 2.24) is 15.0 Å². The summed E-state index contributed by atoms with van der Waals surface area (Å²) in [5.41, 5.74) is 3.55. The third-order valence-electron chi connectivity index (χ3n) is 5.31. The minimum Gasteiger partial charge on any atom is -0.493 e. The Labute approximate surface area is 203 Å². The van der Waals surface area contributed by atoms with Gasteiger partial charge in [-0.15, -0.1) is 0 Å². The highest BCUT2D eigenvalue weighted by Gasteiger charge is 2.21. The lowest BCUT2D eigenvalue weighted by molar-refractivity contribution is -0.132. The van der Waals surface area contributed by atoms with Gasteiger partial charge in [-0.05, 0) is 12.1 Å². The van der Waals surface area contributed by atoms with Crippen molar-refractivity contribution in [3.05, 3.63) is 17.7 Å². The zero-order chi connectivity index (χ0) is 24.6. The smallest absolute Gasteiger partial charge is 0.308 e. The maximum absolute atomic E-state index is 11.4. The first-order valence-electron chi connectivity index (χ1n) is 11.2. The van der Waals surface area contributed by atoms with Crippen LogP contribution in [0.2, 0.25) is 0 Å². The van der Waals surface area contributed by atoms with Gasteiger partial charge in [0.05, 0.1) is 46.9 Å². The first kappa shape index (κ1) is 24.4. The van der Waals surface area contributed by atoms with Crippen LogP contribution in [0, 0.1) is 0 Å². The first-order valence-corrected chi connectivity index (χ1v) is 11.2. The molecule has 0 bridgehead atoms. The van der Waals surface area contributed by atoms with Gasteiger partial charge in [0, 0.05) is 38.7 Å². The van der Waals surface area contributed by atoms with Gasteiger partial charge in [-0.3, -0.25) is 4.79 Å². The summed E-state index contributed by atoms with van der Waals surface area (Å²) in [4.78, 5) is 29.4. The number of aromatic nitrogens is 3. The molecule has 0 spiro atoms. The van der Waals surface area contributed by atoms with E-state index in [2.05, 4.69) is 35.3 Å². The van der Waals surface area contributed by atoms with E-state index in [9.17, 15) is 4.79 Å². The summed E-state index contributed by atoms with van der Waals surface area (Å²) in [5, 5.41) is 4.29. The molecule has 0 aliphatic carbocycles. The lowest BCUT2D eigenvalue weighted by Crippen LogP contribution is -2.40. The van der Waals surface area contributed by atoms with E-state index in [1.54, 1.807) is 18.3 Å². The maximum Gasteiger partial charge on any atom is 0.308 e. The van der Waals surface area contributed by atoms with Gasteiger partial charge in [0.15, 0.2) is 11.5 Å². The Balaban J connectivity index is 1.57. The number of nitrogens with one attached hydrogen (secondary N) is 1. The molecule has 1 aromatic heterocycles. The average Bonchev–Trinajstić information content (AvgIpc) is 2.89. The average molecular weight is 488 g/mol. The number of ether oxygens (including phenoxy) is 5. The molecule has 2 aliphatic rings. The van der Waals surface area contributed by atoms with Crippen LogP contribution in [0.4, 0.5) is 17.8 Å². The van der Waals surface area contributed by atoms with Gasteiger partial charge in [-0.1, -0.05) is 0 Å². The van der Waals surface area contributed by atoms with Crippen LogP contribution >= 0.6 is 0 Å². The Hall–Kier alpha value is -3.71. The molecular weight excluding hydrogens is 458 g/mol. The molecule has 0 atom stereocenters. The van der Waals surface area contributed by atoms with Crippen molar-refractivity contribution in [3.63, 3.8) is 0 Å². The number of carbonyl (C=O) groups excluding carboxylic acids is 1. The van der Waals surface area contributed by atoms with E-state index in [0.717, 1.165) is 0 Å². The second kappa shape index (κ2) is 11.6. The quantitative estimate of drug-likeness (QED) is 0.246. The number of benzene rings is 1. The van der Waals surface area contributed by atoms with Crippen LogP contribution < -0.4 is 29.4 Å². The van der Waals surface area contributed by atoms with E-state index in [1.807, 2.05) is 0 Å². The molecular formula is C22H29N7O6. The van der Waals surface area contributed by atoms with Crippen molar-refractivity contribution < 1.29 is 28.5 Å². The Kier molecular flexibility index (Phi) is 8.11. The molecule has 2 aliphatic heterocycles. The van der Waals surface area contributed by atoms with Crippen LogP contribution in [0.25, 0.3) is 0 Å².